The van der Waals surface area contributed by atoms with Crippen LogP contribution in [0.15, 0.2) is 0 Å². The zero-order chi connectivity index (χ0) is 22.0. The summed E-state index contributed by atoms with van der Waals surface area (Å²) >= 11 is 0. The Morgan fingerprint density at radius 3 is 1.97 bits per heavy atom. The van der Waals surface area contributed by atoms with Crippen molar-refractivity contribution < 1.29 is 4.79 Å². The lowest BCUT2D eigenvalue weighted by Gasteiger charge is -2.26. The van der Waals surface area contributed by atoms with Crippen LogP contribution in [0.3, 0.4) is 0 Å². The quantitative estimate of drug-likeness (QED) is 0.146. The summed E-state index contributed by atoms with van der Waals surface area (Å²) in [4.78, 5) is 24.0. The minimum absolute atomic E-state index is 0.0377. The minimum Gasteiger partial charge on any atom is -0.329 e. The van der Waals surface area contributed by atoms with Gasteiger partial charge in [-0.3, -0.25) is 9.74 Å². The number of rotatable bonds is 17. The van der Waals surface area contributed by atoms with E-state index < -0.39 is 0 Å². The fourth-order valence-electron chi connectivity index (χ4n) is 3.21. The van der Waals surface area contributed by atoms with Gasteiger partial charge in [-0.25, -0.2) is 16.3 Å². The molecule has 4 N–H and O–H groups in total. The summed E-state index contributed by atoms with van der Waals surface area (Å²) in [6, 6.07) is 4.16. The van der Waals surface area contributed by atoms with E-state index in [9.17, 15) is 4.79 Å². The van der Waals surface area contributed by atoms with Gasteiger partial charge in [0.15, 0.2) is 0 Å². The summed E-state index contributed by atoms with van der Waals surface area (Å²) in [5.41, 5.74) is 5.58. The van der Waals surface area contributed by atoms with Gasteiger partial charge in [-0.05, 0) is 0 Å². The molecule has 0 bridgehead atoms. The second-order valence-corrected chi connectivity index (χ2v) is 6.97. The Morgan fingerprint density at radius 2 is 1.50 bits per heavy atom. The Morgan fingerprint density at radius 1 is 0.967 bits per heavy atom. The molecule has 11 nitrogen and oxygen atoms in total. The van der Waals surface area contributed by atoms with Crippen LogP contribution in [0.2, 0.25) is 0 Å². The number of urea groups is 1. The van der Waals surface area contributed by atoms with E-state index in [4.69, 9.17) is 22.8 Å². The van der Waals surface area contributed by atoms with E-state index in [0.29, 0.717) is 78.7 Å². The first-order valence-corrected chi connectivity index (χ1v) is 10.3. The lowest BCUT2D eigenvalue weighted by atomic mass is 10.4. The van der Waals surface area contributed by atoms with E-state index in [1.807, 2.05) is 14.7 Å². The number of nitriles is 2. The van der Waals surface area contributed by atoms with Gasteiger partial charge in [0.25, 0.3) is 6.67 Å². The maximum atomic E-state index is 12.7. The van der Waals surface area contributed by atoms with Crippen molar-refractivity contribution in [3.63, 3.8) is 0 Å². The summed E-state index contributed by atoms with van der Waals surface area (Å²) in [5, 5.41) is 23.4. The maximum Gasteiger partial charge on any atom is 0.320 e. The molecule has 0 saturated carbocycles. The molecule has 0 aliphatic carbocycles. The summed E-state index contributed by atoms with van der Waals surface area (Å²) < 4.78 is 0. The van der Waals surface area contributed by atoms with Crippen LogP contribution >= 0.6 is 0 Å². The molecule has 1 fully saturated rings. The van der Waals surface area contributed by atoms with E-state index in [0.717, 1.165) is 19.6 Å². The van der Waals surface area contributed by atoms with Crippen LogP contribution in [0.4, 0.5) is 4.79 Å². The zero-order valence-corrected chi connectivity index (χ0v) is 17.7. The monoisotopic (exact) mass is 418 g/mol. The number of amides is 2. The van der Waals surface area contributed by atoms with Crippen LogP contribution in [0, 0.1) is 29.2 Å². The Kier molecular flexibility index (Phi) is 13.9. The third-order valence-corrected chi connectivity index (χ3v) is 4.89. The van der Waals surface area contributed by atoms with E-state index in [1.54, 1.807) is 0 Å². The van der Waals surface area contributed by atoms with E-state index >= 15 is 0 Å². The van der Waals surface area contributed by atoms with Gasteiger partial charge < -0.3 is 26.2 Å². The third kappa shape index (κ3) is 10.4. The van der Waals surface area contributed by atoms with Gasteiger partial charge in [0.2, 0.25) is 0 Å². The predicted molar refractivity (Wildman–Crippen MR) is 114 cm³/mol. The molecule has 1 heterocycles. The molecule has 1 aliphatic heterocycles. The van der Waals surface area contributed by atoms with Gasteiger partial charge in [-0.15, -0.1) is 0 Å². The van der Waals surface area contributed by atoms with E-state index in [1.165, 1.54) is 0 Å². The summed E-state index contributed by atoms with van der Waals surface area (Å²) in [6.45, 7) is 16.1. The topological polar surface area (TPSA) is 132 Å². The number of carbonyl (C=O) groups is 1. The molecule has 0 radical (unpaired) electrons. The van der Waals surface area contributed by atoms with Gasteiger partial charge in [0.05, 0.1) is 25.2 Å². The first-order valence-electron chi connectivity index (χ1n) is 10.3. The number of hydrogen-bond acceptors (Lipinski definition) is 8. The molecular weight excluding hydrogens is 384 g/mol. The number of carbonyl (C=O) groups excluding carboxylic acids is 1. The average Bonchev–Trinajstić information content (AvgIpc) is 3.09. The van der Waals surface area contributed by atoms with Crippen LogP contribution in [-0.2, 0) is 0 Å². The summed E-state index contributed by atoms with van der Waals surface area (Å²) in [6.07, 6.45) is 0. The predicted octanol–water partition coefficient (Wildman–Crippen LogP) is -1.61. The summed E-state index contributed by atoms with van der Waals surface area (Å²) in [7, 11) is 0. The minimum atomic E-state index is 0.0377. The normalized spacial score (nSPS) is 13.7. The van der Waals surface area contributed by atoms with Crippen LogP contribution in [0.1, 0.15) is 0 Å². The van der Waals surface area contributed by atoms with E-state index in [2.05, 4.69) is 32.5 Å². The van der Waals surface area contributed by atoms with Crippen LogP contribution < -0.4 is 16.4 Å². The molecule has 0 aromatic carbocycles. The molecule has 166 valence electrons. The smallest absolute Gasteiger partial charge is 0.320 e. The molecule has 0 aromatic heterocycles. The Bertz CT molecular complexity index is 586. The van der Waals surface area contributed by atoms with Gasteiger partial charge in [0.1, 0.15) is 0 Å². The first-order chi connectivity index (χ1) is 14.7. The molecule has 0 spiro atoms. The fourth-order valence-corrected chi connectivity index (χ4v) is 3.21. The van der Waals surface area contributed by atoms with Crippen molar-refractivity contribution in [3.05, 3.63) is 11.4 Å². The van der Waals surface area contributed by atoms with Crippen molar-refractivity contribution in [1.29, 1.82) is 10.5 Å². The Labute approximate surface area is 179 Å². The zero-order valence-electron chi connectivity index (χ0n) is 17.7. The summed E-state index contributed by atoms with van der Waals surface area (Å²) in [5.74, 6) is 0. The highest BCUT2D eigenvalue weighted by molar-refractivity contribution is 5.76. The second-order valence-electron chi connectivity index (χ2n) is 6.97. The average molecular weight is 419 g/mol. The molecule has 11 heteroatoms. The highest BCUT2D eigenvalue weighted by Crippen LogP contribution is 2.09. The molecule has 0 aromatic rings. The highest BCUT2D eigenvalue weighted by Gasteiger charge is 2.28. The Hall–Kier alpha value is -2.46. The van der Waals surface area contributed by atoms with Crippen LogP contribution in [-0.4, -0.2) is 124 Å². The lowest BCUT2D eigenvalue weighted by Crippen LogP contribution is -2.43. The Balaban J connectivity index is 2.42. The fraction of sp³-hybridized carbons (Fsp3) is 0.789. The van der Waals surface area contributed by atoms with Crippen molar-refractivity contribution in [2.75, 3.05) is 98.3 Å². The SMILES string of the molecule is [C-]#[N+]CN(CCN)CCN1CCN(CCN(CCNCC#N)CCNCC#N)C1=O. The number of nitrogens with zero attached hydrogens (tertiary/aromatic N) is 7. The van der Waals surface area contributed by atoms with Crippen LogP contribution in [0.25, 0.3) is 4.85 Å². The van der Waals surface area contributed by atoms with Crippen LogP contribution in [0.5, 0.6) is 0 Å². The van der Waals surface area contributed by atoms with Gasteiger partial charge in [0, 0.05) is 78.5 Å². The first kappa shape index (κ1) is 25.6. The molecule has 1 rings (SSSR count). The number of nitrogens with two attached hydrogens (primary N) is 1. The molecule has 0 unspecified atom stereocenters. The number of hydrogen-bond donors (Lipinski definition) is 3. The van der Waals surface area contributed by atoms with Crippen molar-refractivity contribution in [2.24, 2.45) is 5.73 Å². The van der Waals surface area contributed by atoms with Gasteiger partial charge in [-0.1, -0.05) is 0 Å². The highest BCUT2D eigenvalue weighted by atomic mass is 16.2. The molecule has 1 saturated heterocycles. The molecule has 0 atom stereocenters. The standard InChI is InChI=1S/C19H34N10O/c1-23-18-27(9-4-22)13-15-29-17-16-28(19(29)30)14-12-26(10-7-24-5-2-20)11-8-25-6-3-21/h24-25H,4-18,22H2. The van der Waals surface area contributed by atoms with Crippen molar-refractivity contribution in [1.82, 2.24) is 30.2 Å². The van der Waals surface area contributed by atoms with E-state index in [-0.39, 0.29) is 6.03 Å². The lowest BCUT2D eigenvalue weighted by molar-refractivity contribution is 0.177. The van der Waals surface area contributed by atoms with Gasteiger partial charge in [-0.2, -0.15) is 10.5 Å². The third-order valence-electron chi connectivity index (χ3n) is 4.89. The van der Waals surface area contributed by atoms with Crippen molar-refractivity contribution in [3.8, 4) is 12.1 Å². The maximum absolute atomic E-state index is 12.7. The molecular formula is C19H34N10O. The van der Waals surface area contributed by atoms with Crippen molar-refractivity contribution >= 4 is 6.03 Å². The second kappa shape index (κ2) is 16.3. The molecule has 1 aliphatic rings. The number of nitrogens with one attached hydrogen (secondary N) is 2. The molecule has 2 amide bonds. The van der Waals surface area contributed by atoms with Crippen molar-refractivity contribution in [2.45, 2.75) is 0 Å². The largest absolute Gasteiger partial charge is 0.329 e. The van der Waals surface area contributed by atoms with Gasteiger partial charge >= 0.3 is 6.03 Å². The molecule has 30 heavy (non-hydrogen) atoms.